The van der Waals surface area contributed by atoms with Gasteiger partial charge in [-0.15, -0.1) is 0 Å². The molecule has 0 saturated carbocycles. The Kier molecular flexibility index (Phi) is 6.37. The van der Waals surface area contributed by atoms with Crippen LogP contribution >= 0.6 is 0 Å². The van der Waals surface area contributed by atoms with Crippen molar-refractivity contribution in [2.24, 2.45) is 0 Å². The third-order valence-electron chi connectivity index (χ3n) is 4.14. The molecule has 1 atom stereocenters. The van der Waals surface area contributed by atoms with Gasteiger partial charge in [-0.3, -0.25) is 9.59 Å². The summed E-state index contributed by atoms with van der Waals surface area (Å²) in [6.45, 7) is 7.89. The highest BCUT2D eigenvalue weighted by molar-refractivity contribution is 5.80. The van der Waals surface area contributed by atoms with E-state index in [0.717, 1.165) is 17.9 Å². The molecule has 2 N–H and O–H groups in total. The fourth-order valence-corrected chi connectivity index (χ4v) is 2.98. The van der Waals surface area contributed by atoms with E-state index in [2.05, 4.69) is 23.5 Å². The average molecular weight is 344 g/mol. The van der Waals surface area contributed by atoms with Crippen LogP contribution in [-0.4, -0.2) is 55.5 Å². The molecule has 1 aromatic carbocycles. The topological polar surface area (TPSA) is 53.9 Å². The zero-order valence-electron chi connectivity index (χ0n) is 15.8. The van der Waals surface area contributed by atoms with E-state index < -0.39 is 0 Å². The lowest BCUT2D eigenvalue weighted by molar-refractivity contribution is -0.863. The number of rotatable bonds is 5. The summed E-state index contributed by atoms with van der Waals surface area (Å²) in [5.74, 6) is 0.0760. The normalized spacial score (nSPS) is 16.2. The lowest BCUT2D eigenvalue weighted by Gasteiger charge is -2.28. The van der Waals surface area contributed by atoms with Crippen LogP contribution in [0, 0.1) is 0 Å². The number of likely N-dealkylation sites (N-methyl/N-ethyl adjacent to an activating group) is 1. The van der Waals surface area contributed by atoms with Gasteiger partial charge in [-0.2, -0.15) is 0 Å². The SMILES string of the molecule is C[NH+](CC(=O)NC(C)(C)C)CC(=O)N1CC=C(c2ccccc2)CC1. The van der Waals surface area contributed by atoms with E-state index in [1.807, 2.05) is 50.9 Å². The van der Waals surface area contributed by atoms with Gasteiger partial charge in [-0.05, 0) is 38.3 Å². The lowest BCUT2D eigenvalue weighted by atomic mass is 9.99. The first-order valence-corrected chi connectivity index (χ1v) is 8.89. The quantitative estimate of drug-likeness (QED) is 0.827. The van der Waals surface area contributed by atoms with E-state index >= 15 is 0 Å². The molecule has 5 nitrogen and oxygen atoms in total. The van der Waals surface area contributed by atoms with Crippen LogP contribution in [0.3, 0.4) is 0 Å². The molecule has 2 rings (SSSR count). The molecule has 0 aliphatic carbocycles. The molecule has 5 heteroatoms. The van der Waals surface area contributed by atoms with Crippen molar-refractivity contribution in [2.75, 3.05) is 33.2 Å². The van der Waals surface area contributed by atoms with Gasteiger partial charge in [0.25, 0.3) is 11.8 Å². The van der Waals surface area contributed by atoms with Crippen molar-refractivity contribution >= 4 is 17.4 Å². The maximum absolute atomic E-state index is 12.5. The second-order valence-corrected chi connectivity index (χ2v) is 7.79. The maximum Gasteiger partial charge on any atom is 0.278 e. The summed E-state index contributed by atoms with van der Waals surface area (Å²) in [5.41, 5.74) is 2.29. The molecule has 1 unspecified atom stereocenters. The van der Waals surface area contributed by atoms with Crippen molar-refractivity contribution in [3.8, 4) is 0 Å². The minimum Gasteiger partial charge on any atom is -0.347 e. The van der Waals surface area contributed by atoms with E-state index in [1.165, 1.54) is 11.1 Å². The maximum atomic E-state index is 12.5. The van der Waals surface area contributed by atoms with Crippen molar-refractivity contribution in [1.82, 2.24) is 10.2 Å². The molecule has 0 saturated heterocycles. The van der Waals surface area contributed by atoms with Crippen LogP contribution in [0.1, 0.15) is 32.8 Å². The Labute approximate surface area is 150 Å². The molecule has 0 bridgehead atoms. The highest BCUT2D eigenvalue weighted by Gasteiger charge is 2.23. The van der Waals surface area contributed by atoms with Gasteiger partial charge in [0.15, 0.2) is 13.1 Å². The molecule has 0 spiro atoms. The second-order valence-electron chi connectivity index (χ2n) is 7.79. The van der Waals surface area contributed by atoms with Gasteiger partial charge < -0.3 is 15.1 Å². The first-order valence-electron chi connectivity index (χ1n) is 8.89. The largest absolute Gasteiger partial charge is 0.347 e. The van der Waals surface area contributed by atoms with Gasteiger partial charge in [-0.25, -0.2) is 0 Å². The van der Waals surface area contributed by atoms with Crippen molar-refractivity contribution in [1.29, 1.82) is 0 Å². The fraction of sp³-hybridized carbons (Fsp3) is 0.500. The Hall–Kier alpha value is -2.14. The highest BCUT2D eigenvalue weighted by atomic mass is 16.2. The Bertz CT molecular complexity index is 632. The van der Waals surface area contributed by atoms with E-state index in [0.29, 0.717) is 19.6 Å². The number of benzene rings is 1. The number of nitrogens with zero attached hydrogens (tertiary/aromatic N) is 1. The summed E-state index contributed by atoms with van der Waals surface area (Å²) in [4.78, 5) is 27.2. The molecule has 0 aromatic heterocycles. The van der Waals surface area contributed by atoms with Gasteiger partial charge >= 0.3 is 0 Å². The smallest absolute Gasteiger partial charge is 0.278 e. The Balaban J connectivity index is 1.82. The minimum absolute atomic E-state index is 0.0253. The summed E-state index contributed by atoms with van der Waals surface area (Å²) in [6.07, 6.45) is 3.01. The number of carbonyl (C=O) groups excluding carboxylic acids is 2. The number of hydrogen-bond acceptors (Lipinski definition) is 2. The van der Waals surface area contributed by atoms with Gasteiger partial charge in [-0.1, -0.05) is 36.4 Å². The molecular weight excluding hydrogens is 314 g/mol. The van der Waals surface area contributed by atoms with Gasteiger partial charge in [0.1, 0.15) is 0 Å². The van der Waals surface area contributed by atoms with Crippen LogP contribution < -0.4 is 10.2 Å². The molecule has 136 valence electrons. The van der Waals surface area contributed by atoms with Crippen LogP contribution in [0.2, 0.25) is 0 Å². The zero-order valence-corrected chi connectivity index (χ0v) is 15.8. The average Bonchev–Trinajstić information content (AvgIpc) is 2.53. The standard InChI is InChI=1S/C20H29N3O2/c1-20(2,3)21-18(24)14-22(4)15-19(25)23-12-10-17(11-13-23)16-8-6-5-7-9-16/h5-10H,11-15H2,1-4H3,(H,21,24)/p+1. The van der Waals surface area contributed by atoms with Gasteiger partial charge in [0.2, 0.25) is 0 Å². The van der Waals surface area contributed by atoms with Crippen LogP contribution in [-0.2, 0) is 9.59 Å². The third-order valence-corrected chi connectivity index (χ3v) is 4.14. The Morgan fingerprint density at radius 3 is 2.40 bits per heavy atom. The fourth-order valence-electron chi connectivity index (χ4n) is 2.98. The molecule has 0 fully saturated rings. The number of quaternary nitrogens is 1. The molecule has 25 heavy (non-hydrogen) atoms. The minimum atomic E-state index is -0.243. The monoisotopic (exact) mass is 344 g/mol. The molecule has 2 amide bonds. The van der Waals surface area contributed by atoms with Crippen LogP contribution in [0.5, 0.6) is 0 Å². The summed E-state index contributed by atoms with van der Waals surface area (Å²) in [5, 5.41) is 2.93. The third kappa shape index (κ3) is 6.35. The first-order chi connectivity index (χ1) is 11.7. The highest BCUT2D eigenvalue weighted by Crippen LogP contribution is 2.21. The number of carbonyl (C=O) groups is 2. The molecule has 1 aromatic rings. The van der Waals surface area contributed by atoms with Crippen LogP contribution in [0.4, 0.5) is 0 Å². The van der Waals surface area contributed by atoms with E-state index in [-0.39, 0.29) is 17.4 Å². The predicted molar refractivity (Wildman–Crippen MR) is 100 cm³/mol. The lowest BCUT2D eigenvalue weighted by Crippen LogP contribution is -3.11. The van der Waals surface area contributed by atoms with Crippen molar-refractivity contribution in [2.45, 2.75) is 32.7 Å². The summed E-state index contributed by atoms with van der Waals surface area (Å²) < 4.78 is 0. The number of nitrogens with one attached hydrogen (secondary N) is 2. The Morgan fingerprint density at radius 1 is 1.16 bits per heavy atom. The molecule has 1 aliphatic heterocycles. The van der Waals surface area contributed by atoms with E-state index in [9.17, 15) is 9.59 Å². The molecular formula is C20H30N3O2+. The second kappa shape index (κ2) is 8.30. The zero-order chi connectivity index (χ0) is 18.4. The first kappa shape index (κ1) is 19.2. The molecule has 1 heterocycles. The van der Waals surface area contributed by atoms with Crippen molar-refractivity contribution < 1.29 is 14.5 Å². The predicted octanol–water partition coefficient (Wildman–Crippen LogP) is 0.732. The Morgan fingerprint density at radius 2 is 1.84 bits per heavy atom. The summed E-state index contributed by atoms with van der Waals surface area (Å²) in [6, 6.07) is 10.3. The van der Waals surface area contributed by atoms with Gasteiger partial charge in [0.05, 0.1) is 7.05 Å². The summed E-state index contributed by atoms with van der Waals surface area (Å²) in [7, 11) is 1.88. The van der Waals surface area contributed by atoms with E-state index in [1.54, 1.807) is 0 Å². The molecule has 1 aliphatic rings. The van der Waals surface area contributed by atoms with Crippen molar-refractivity contribution in [3.05, 3.63) is 42.0 Å². The number of amides is 2. The molecule has 0 radical (unpaired) electrons. The summed E-state index contributed by atoms with van der Waals surface area (Å²) >= 11 is 0. The van der Waals surface area contributed by atoms with Crippen molar-refractivity contribution in [3.63, 3.8) is 0 Å². The van der Waals surface area contributed by atoms with Crippen LogP contribution in [0.15, 0.2) is 36.4 Å². The van der Waals surface area contributed by atoms with Crippen LogP contribution in [0.25, 0.3) is 5.57 Å². The van der Waals surface area contributed by atoms with Gasteiger partial charge in [0, 0.05) is 18.6 Å². The number of hydrogen-bond donors (Lipinski definition) is 2. The van der Waals surface area contributed by atoms with E-state index in [4.69, 9.17) is 0 Å².